The first kappa shape index (κ1) is 18.4. The van der Waals surface area contributed by atoms with E-state index in [2.05, 4.69) is 5.32 Å². The number of hydrogen-bond donors (Lipinski definition) is 1. The summed E-state index contributed by atoms with van der Waals surface area (Å²) in [6.45, 7) is 1.10. The fourth-order valence-corrected chi connectivity index (χ4v) is 5.14. The van der Waals surface area contributed by atoms with Crippen molar-refractivity contribution in [3.8, 4) is 0 Å². The summed E-state index contributed by atoms with van der Waals surface area (Å²) in [6, 6.07) is 12.5. The van der Waals surface area contributed by atoms with Crippen molar-refractivity contribution >= 4 is 32.4 Å². The normalized spacial score (nSPS) is 15.6. The largest absolute Gasteiger partial charge is 0.348 e. The van der Waals surface area contributed by atoms with Gasteiger partial charge in [0.25, 0.3) is 10.0 Å². The maximum atomic E-state index is 13.9. The van der Waals surface area contributed by atoms with Gasteiger partial charge in [-0.1, -0.05) is 30.3 Å². The van der Waals surface area contributed by atoms with Gasteiger partial charge in [-0.25, -0.2) is 17.2 Å². The quantitative estimate of drug-likeness (QED) is 0.726. The van der Waals surface area contributed by atoms with Crippen LogP contribution in [0.3, 0.4) is 0 Å². The molecule has 0 saturated heterocycles. The first-order valence-corrected chi connectivity index (χ1v) is 10.0. The molecule has 3 aromatic carbocycles. The third-order valence-electron chi connectivity index (χ3n) is 4.77. The van der Waals surface area contributed by atoms with Crippen molar-refractivity contribution in [3.05, 3.63) is 71.8 Å². The topological polar surface area (TPSA) is 66.5 Å². The molecule has 4 rings (SSSR count). The molecule has 5 nitrogen and oxygen atoms in total. The van der Waals surface area contributed by atoms with Crippen LogP contribution in [0.1, 0.15) is 18.5 Å². The van der Waals surface area contributed by atoms with Crippen molar-refractivity contribution in [2.24, 2.45) is 0 Å². The lowest BCUT2D eigenvalue weighted by molar-refractivity contribution is -0.120. The summed E-state index contributed by atoms with van der Waals surface area (Å²) in [5.41, 5.74) is 0.549. The predicted molar refractivity (Wildman–Crippen MR) is 101 cm³/mol. The SMILES string of the molecule is CC(NC(=O)CN1c2cccc3cccc(c23)S1(=O)=O)c1ccc(F)cc1F. The molecule has 0 fully saturated rings. The monoisotopic (exact) mass is 402 g/mol. The van der Waals surface area contributed by atoms with Crippen molar-refractivity contribution in [2.75, 3.05) is 10.8 Å². The average molecular weight is 402 g/mol. The molecule has 0 bridgehead atoms. The van der Waals surface area contributed by atoms with Gasteiger partial charge in [0.2, 0.25) is 5.91 Å². The Hall–Kier alpha value is -3.00. The summed E-state index contributed by atoms with van der Waals surface area (Å²) < 4.78 is 53.8. The molecule has 144 valence electrons. The zero-order valence-corrected chi connectivity index (χ0v) is 15.6. The third kappa shape index (κ3) is 2.90. The Morgan fingerprint density at radius 1 is 1.11 bits per heavy atom. The fraction of sp³-hybridized carbons (Fsp3) is 0.150. The molecule has 28 heavy (non-hydrogen) atoms. The molecule has 8 heteroatoms. The number of rotatable bonds is 4. The van der Waals surface area contributed by atoms with Gasteiger partial charge in [-0.05, 0) is 30.5 Å². The number of benzene rings is 3. The summed E-state index contributed by atoms with van der Waals surface area (Å²) in [4.78, 5) is 12.7. The third-order valence-corrected chi connectivity index (χ3v) is 6.58. The Kier molecular flexibility index (Phi) is 4.30. The van der Waals surface area contributed by atoms with Gasteiger partial charge in [-0.3, -0.25) is 9.10 Å². The Balaban J connectivity index is 1.59. The standard InChI is InChI=1S/C20H16F2N2O3S/c1-12(15-9-8-14(21)10-16(15)22)23-19(25)11-24-17-6-2-4-13-5-3-7-18(20(13)17)28(24,26)27/h2-10,12H,11H2,1H3,(H,23,25). The molecule has 1 N–H and O–H groups in total. The molecule has 0 radical (unpaired) electrons. The zero-order valence-electron chi connectivity index (χ0n) is 14.8. The molecule has 1 amide bonds. The van der Waals surface area contributed by atoms with Crippen LogP contribution >= 0.6 is 0 Å². The zero-order chi connectivity index (χ0) is 20.1. The summed E-state index contributed by atoms with van der Waals surface area (Å²) >= 11 is 0. The molecule has 3 aromatic rings. The number of sulfonamides is 1. The summed E-state index contributed by atoms with van der Waals surface area (Å²) in [5, 5.41) is 3.92. The first-order valence-electron chi connectivity index (χ1n) is 8.58. The van der Waals surface area contributed by atoms with Crippen LogP contribution in [-0.4, -0.2) is 20.9 Å². The van der Waals surface area contributed by atoms with Crippen molar-refractivity contribution < 1.29 is 22.0 Å². The molecule has 1 heterocycles. The van der Waals surface area contributed by atoms with E-state index in [1.54, 1.807) is 37.3 Å². The number of anilines is 1. The second-order valence-corrected chi connectivity index (χ2v) is 8.43. The number of amides is 1. The minimum atomic E-state index is -3.86. The molecule has 1 unspecified atom stereocenters. The number of hydrogen-bond acceptors (Lipinski definition) is 3. The van der Waals surface area contributed by atoms with Crippen molar-refractivity contribution in [3.63, 3.8) is 0 Å². The van der Waals surface area contributed by atoms with Gasteiger partial charge in [-0.15, -0.1) is 0 Å². The number of carbonyl (C=O) groups is 1. The second-order valence-electron chi connectivity index (χ2n) is 6.60. The lowest BCUT2D eigenvalue weighted by Gasteiger charge is -2.21. The Morgan fingerprint density at radius 2 is 1.82 bits per heavy atom. The summed E-state index contributed by atoms with van der Waals surface area (Å²) in [5.74, 6) is -2.09. The van der Waals surface area contributed by atoms with Gasteiger partial charge < -0.3 is 5.32 Å². The van der Waals surface area contributed by atoms with Crippen LogP contribution in [0.25, 0.3) is 10.8 Å². The van der Waals surface area contributed by atoms with Gasteiger partial charge in [0.05, 0.1) is 16.6 Å². The maximum Gasteiger partial charge on any atom is 0.265 e. The number of nitrogens with zero attached hydrogens (tertiary/aromatic N) is 1. The van der Waals surface area contributed by atoms with E-state index in [1.165, 1.54) is 12.1 Å². The van der Waals surface area contributed by atoms with Crippen LogP contribution in [-0.2, 0) is 14.8 Å². The number of halogens is 2. The molecule has 0 spiro atoms. The van der Waals surface area contributed by atoms with E-state index < -0.39 is 40.2 Å². The number of nitrogens with one attached hydrogen (secondary N) is 1. The van der Waals surface area contributed by atoms with E-state index in [1.807, 2.05) is 0 Å². The summed E-state index contributed by atoms with van der Waals surface area (Å²) in [6.07, 6.45) is 0. The smallest absolute Gasteiger partial charge is 0.265 e. The van der Waals surface area contributed by atoms with Gasteiger partial charge >= 0.3 is 0 Å². The minimum absolute atomic E-state index is 0.115. The van der Waals surface area contributed by atoms with E-state index in [4.69, 9.17) is 0 Å². The maximum absolute atomic E-state index is 13.9. The van der Waals surface area contributed by atoms with E-state index in [0.29, 0.717) is 11.1 Å². The average Bonchev–Trinajstić information content (AvgIpc) is 2.85. The highest BCUT2D eigenvalue weighted by Gasteiger charge is 2.36. The number of carbonyl (C=O) groups excluding carboxylic acids is 1. The van der Waals surface area contributed by atoms with Crippen molar-refractivity contribution in [1.29, 1.82) is 0 Å². The Bertz CT molecular complexity index is 1210. The summed E-state index contributed by atoms with van der Waals surface area (Å²) in [7, 11) is -3.86. The van der Waals surface area contributed by atoms with Gasteiger partial charge in [0, 0.05) is 17.0 Å². The van der Waals surface area contributed by atoms with Crippen LogP contribution in [0.5, 0.6) is 0 Å². The van der Waals surface area contributed by atoms with Crippen molar-refractivity contribution in [1.82, 2.24) is 5.32 Å². The second kappa shape index (κ2) is 6.56. The molecule has 0 aromatic heterocycles. The molecule has 0 aliphatic carbocycles. The molecule has 1 aliphatic rings. The van der Waals surface area contributed by atoms with Crippen molar-refractivity contribution in [2.45, 2.75) is 17.9 Å². The van der Waals surface area contributed by atoms with E-state index in [-0.39, 0.29) is 10.5 Å². The van der Waals surface area contributed by atoms with Crippen LogP contribution in [0.4, 0.5) is 14.5 Å². The molecule has 0 saturated carbocycles. The predicted octanol–water partition coefficient (Wildman–Crippen LogP) is 3.50. The highest BCUT2D eigenvalue weighted by Crippen LogP contribution is 2.41. The molecular formula is C20H16F2N2O3S. The fourth-order valence-electron chi connectivity index (χ4n) is 3.48. The van der Waals surface area contributed by atoms with Crippen LogP contribution in [0.15, 0.2) is 59.5 Å². The van der Waals surface area contributed by atoms with Gasteiger partial charge in [0.1, 0.15) is 18.2 Å². The van der Waals surface area contributed by atoms with Gasteiger partial charge in [0.15, 0.2) is 0 Å². The highest BCUT2D eigenvalue weighted by atomic mass is 32.2. The molecular weight excluding hydrogens is 386 g/mol. The minimum Gasteiger partial charge on any atom is -0.348 e. The highest BCUT2D eigenvalue weighted by molar-refractivity contribution is 7.93. The first-order chi connectivity index (χ1) is 13.3. The lowest BCUT2D eigenvalue weighted by Crippen LogP contribution is -2.40. The van der Waals surface area contributed by atoms with E-state index >= 15 is 0 Å². The van der Waals surface area contributed by atoms with E-state index in [9.17, 15) is 22.0 Å². The Labute approximate surface area is 160 Å². The molecule has 1 aliphatic heterocycles. The molecule has 1 atom stereocenters. The van der Waals surface area contributed by atoms with Crippen LogP contribution < -0.4 is 9.62 Å². The van der Waals surface area contributed by atoms with Crippen LogP contribution in [0.2, 0.25) is 0 Å². The van der Waals surface area contributed by atoms with E-state index in [0.717, 1.165) is 21.8 Å². The Morgan fingerprint density at radius 3 is 2.54 bits per heavy atom. The van der Waals surface area contributed by atoms with Crippen LogP contribution in [0, 0.1) is 11.6 Å². The van der Waals surface area contributed by atoms with Gasteiger partial charge in [-0.2, -0.15) is 0 Å². The lowest BCUT2D eigenvalue weighted by atomic mass is 10.1.